The number of rotatable bonds is 7. The summed E-state index contributed by atoms with van der Waals surface area (Å²) in [6.07, 6.45) is 4.34. The number of benzene rings is 1. The van der Waals surface area contributed by atoms with Crippen LogP contribution in [0.25, 0.3) is 0 Å². The van der Waals surface area contributed by atoms with Gasteiger partial charge >= 0.3 is 0 Å². The highest BCUT2D eigenvalue weighted by atomic mass is 19.1. The van der Waals surface area contributed by atoms with Crippen LogP contribution >= 0.6 is 0 Å². The highest BCUT2D eigenvalue weighted by molar-refractivity contribution is 5.81. The lowest BCUT2D eigenvalue weighted by atomic mass is 10.0. The molecule has 1 aromatic carbocycles. The van der Waals surface area contributed by atoms with Gasteiger partial charge < -0.3 is 16.0 Å². The Morgan fingerprint density at radius 3 is 2.76 bits per heavy atom. The first-order chi connectivity index (χ1) is 12.0. The van der Waals surface area contributed by atoms with Crippen molar-refractivity contribution in [3.05, 3.63) is 35.6 Å². The first kappa shape index (κ1) is 17.9. The van der Waals surface area contributed by atoms with Gasteiger partial charge in [0.15, 0.2) is 0 Å². The predicted molar refractivity (Wildman–Crippen MR) is 93.2 cm³/mol. The van der Waals surface area contributed by atoms with Gasteiger partial charge in [0.05, 0.1) is 0 Å². The number of likely N-dealkylation sites (tertiary alicyclic amines) is 1. The van der Waals surface area contributed by atoms with Crippen molar-refractivity contribution in [2.45, 2.75) is 50.6 Å². The van der Waals surface area contributed by atoms with Gasteiger partial charge in [0.1, 0.15) is 5.82 Å². The van der Waals surface area contributed by atoms with Crippen LogP contribution in [0.15, 0.2) is 24.3 Å². The molecule has 25 heavy (non-hydrogen) atoms. The van der Waals surface area contributed by atoms with Gasteiger partial charge in [0.2, 0.25) is 11.8 Å². The summed E-state index contributed by atoms with van der Waals surface area (Å²) in [5, 5.41) is 2.96. The molecule has 5 nitrogen and oxygen atoms in total. The second-order valence-electron chi connectivity index (χ2n) is 7.16. The Kier molecular flexibility index (Phi) is 5.68. The molecule has 2 aliphatic rings. The average molecular weight is 347 g/mol. The lowest BCUT2D eigenvalue weighted by Gasteiger charge is -2.26. The number of carbonyl (C=O) groups is 2. The molecule has 0 bridgehead atoms. The zero-order valence-electron chi connectivity index (χ0n) is 14.4. The maximum atomic E-state index is 13.7. The standard InChI is InChI=1S/C19H26FN3O2/c20-17-6-2-1-4-14(17)10-15(21)11-18(24)23-9-3-5-16(23)12-22-19(25)13-7-8-13/h1-2,4,6,13,15-16H,3,5,7-12,21H2,(H,22,25)/t15-,16+/m1/s1. The van der Waals surface area contributed by atoms with Crippen molar-refractivity contribution < 1.29 is 14.0 Å². The minimum atomic E-state index is -0.410. The summed E-state index contributed by atoms with van der Waals surface area (Å²) in [5.41, 5.74) is 6.61. The maximum absolute atomic E-state index is 13.7. The van der Waals surface area contributed by atoms with Crippen LogP contribution in [-0.2, 0) is 16.0 Å². The summed E-state index contributed by atoms with van der Waals surface area (Å²) in [4.78, 5) is 26.2. The summed E-state index contributed by atoms with van der Waals surface area (Å²) in [6, 6.07) is 6.16. The molecule has 0 radical (unpaired) electrons. The summed E-state index contributed by atoms with van der Waals surface area (Å²) in [5.74, 6) is -0.00505. The van der Waals surface area contributed by atoms with Gasteiger partial charge in [-0.05, 0) is 43.7 Å². The Bertz CT molecular complexity index is 633. The summed E-state index contributed by atoms with van der Waals surface area (Å²) in [7, 11) is 0. The van der Waals surface area contributed by atoms with Crippen LogP contribution in [0.4, 0.5) is 4.39 Å². The minimum absolute atomic E-state index is 0.00740. The van der Waals surface area contributed by atoms with E-state index in [9.17, 15) is 14.0 Å². The first-order valence-corrected chi connectivity index (χ1v) is 9.10. The summed E-state index contributed by atoms with van der Waals surface area (Å²) in [6.45, 7) is 1.22. The van der Waals surface area contributed by atoms with Gasteiger partial charge in [-0.1, -0.05) is 18.2 Å². The van der Waals surface area contributed by atoms with Gasteiger partial charge in [0.25, 0.3) is 0 Å². The normalized spacial score (nSPS) is 21.2. The summed E-state index contributed by atoms with van der Waals surface area (Å²) >= 11 is 0. The quantitative estimate of drug-likeness (QED) is 0.787. The molecule has 1 aliphatic heterocycles. The van der Waals surface area contributed by atoms with Gasteiger partial charge in [-0.15, -0.1) is 0 Å². The van der Waals surface area contributed by atoms with E-state index in [2.05, 4.69) is 5.32 Å². The maximum Gasteiger partial charge on any atom is 0.224 e. The zero-order chi connectivity index (χ0) is 17.8. The average Bonchev–Trinajstić information content (AvgIpc) is 3.33. The van der Waals surface area contributed by atoms with Crippen molar-refractivity contribution in [3.8, 4) is 0 Å². The van der Waals surface area contributed by atoms with Crippen molar-refractivity contribution in [2.75, 3.05) is 13.1 Å². The Balaban J connectivity index is 1.48. The van der Waals surface area contributed by atoms with Crippen LogP contribution in [0.1, 0.15) is 37.7 Å². The molecule has 3 N–H and O–H groups in total. The van der Waals surface area contributed by atoms with E-state index in [1.807, 2.05) is 4.90 Å². The number of carbonyl (C=O) groups excluding carboxylic acids is 2. The van der Waals surface area contributed by atoms with Crippen molar-refractivity contribution in [2.24, 2.45) is 11.7 Å². The van der Waals surface area contributed by atoms with Gasteiger partial charge in [0, 0.05) is 37.5 Å². The largest absolute Gasteiger partial charge is 0.354 e. The van der Waals surface area contributed by atoms with Crippen LogP contribution in [0.2, 0.25) is 0 Å². The Labute approximate surface area is 147 Å². The lowest BCUT2D eigenvalue weighted by Crippen LogP contribution is -2.45. The number of nitrogens with two attached hydrogens (primary N) is 1. The first-order valence-electron chi connectivity index (χ1n) is 9.10. The number of nitrogens with zero attached hydrogens (tertiary/aromatic N) is 1. The molecule has 2 fully saturated rings. The topological polar surface area (TPSA) is 75.4 Å². The van der Waals surface area contributed by atoms with Crippen LogP contribution < -0.4 is 11.1 Å². The predicted octanol–water partition coefficient (Wildman–Crippen LogP) is 1.60. The third-order valence-electron chi connectivity index (χ3n) is 5.03. The molecule has 0 aromatic heterocycles. The molecule has 1 heterocycles. The minimum Gasteiger partial charge on any atom is -0.354 e. The molecule has 2 atom stereocenters. The molecule has 0 spiro atoms. The third kappa shape index (κ3) is 4.78. The van der Waals surface area contributed by atoms with E-state index in [1.54, 1.807) is 18.2 Å². The van der Waals surface area contributed by atoms with E-state index in [1.165, 1.54) is 6.07 Å². The number of halogens is 1. The second kappa shape index (κ2) is 7.95. The Morgan fingerprint density at radius 2 is 2.04 bits per heavy atom. The van der Waals surface area contributed by atoms with Crippen molar-refractivity contribution in [3.63, 3.8) is 0 Å². The smallest absolute Gasteiger partial charge is 0.224 e. The fourth-order valence-corrected chi connectivity index (χ4v) is 3.44. The van der Waals surface area contributed by atoms with E-state index in [0.29, 0.717) is 25.1 Å². The zero-order valence-corrected chi connectivity index (χ0v) is 14.4. The van der Waals surface area contributed by atoms with Gasteiger partial charge in [-0.3, -0.25) is 9.59 Å². The molecular weight excluding hydrogens is 321 g/mol. The highest BCUT2D eigenvalue weighted by Gasteiger charge is 2.33. The van der Waals surface area contributed by atoms with E-state index >= 15 is 0 Å². The second-order valence-corrected chi connectivity index (χ2v) is 7.16. The van der Waals surface area contributed by atoms with E-state index in [4.69, 9.17) is 5.73 Å². The van der Waals surface area contributed by atoms with Gasteiger partial charge in [-0.2, -0.15) is 0 Å². The van der Waals surface area contributed by atoms with Crippen molar-refractivity contribution in [1.82, 2.24) is 10.2 Å². The molecule has 6 heteroatoms. The highest BCUT2D eigenvalue weighted by Crippen LogP contribution is 2.29. The lowest BCUT2D eigenvalue weighted by molar-refractivity contribution is -0.133. The molecular formula is C19H26FN3O2. The fraction of sp³-hybridized carbons (Fsp3) is 0.579. The Hall–Kier alpha value is -1.95. The Morgan fingerprint density at radius 1 is 1.28 bits per heavy atom. The SMILES string of the molecule is N[C@@H](CC(=O)N1CCC[C@H]1CNC(=O)C1CC1)Cc1ccccc1F. The molecule has 1 aliphatic carbocycles. The number of hydrogen-bond acceptors (Lipinski definition) is 3. The van der Waals surface area contributed by atoms with Crippen molar-refractivity contribution >= 4 is 11.8 Å². The van der Waals surface area contributed by atoms with E-state index < -0.39 is 6.04 Å². The van der Waals surface area contributed by atoms with Gasteiger partial charge in [-0.25, -0.2) is 4.39 Å². The molecule has 3 rings (SSSR count). The van der Waals surface area contributed by atoms with Crippen LogP contribution in [0, 0.1) is 11.7 Å². The number of amides is 2. The molecule has 1 saturated carbocycles. The molecule has 0 unspecified atom stereocenters. The molecule has 1 aromatic rings. The number of nitrogens with one attached hydrogen (secondary N) is 1. The van der Waals surface area contributed by atoms with Crippen LogP contribution in [0.3, 0.4) is 0 Å². The monoisotopic (exact) mass is 347 g/mol. The molecule has 1 saturated heterocycles. The molecule has 2 amide bonds. The van der Waals surface area contributed by atoms with Crippen LogP contribution in [-0.4, -0.2) is 41.9 Å². The van der Waals surface area contributed by atoms with Crippen LogP contribution in [0.5, 0.6) is 0 Å². The summed E-state index contributed by atoms with van der Waals surface area (Å²) < 4.78 is 13.7. The van der Waals surface area contributed by atoms with Crippen molar-refractivity contribution in [1.29, 1.82) is 0 Å². The molecule has 136 valence electrons. The van der Waals surface area contributed by atoms with E-state index in [0.717, 1.165) is 25.7 Å². The number of hydrogen-bond donors (Lipinski definition) is 2. The fourth-order valence-electron chi connectivity index (χ4n) is 3.44. The third-order valence-corrected chi connectivity index (χ3v) is 5.03. The van der Waals surface area contributed by atoms with E-state index in [-0.39, 0.29) is 36.0 Å².